The van der Waals surface area contributed by atoms with Crippen molar-refractivity contribution in [1.29, 1.82) is 0 Å². The number of aromatic nitrogens is 7. The SMILES string of the molecule is c1ccc(-c2nc(-c3ccccc3)nc(-n3c4ccccc4c4cc(-n5c6ccccc6c6ccc7c(ccn7-c7ccc8c(c7)c7ccccc7n8-c7ccccc7)c65)ccc43)n2)cc1. The zero-order valence-corrected chi connectivity index (χ0v) is 35.5. The molecule has 0 amide bonds. The fourth-order valence-electron chi connectivity index (χ4n) is 10.3. The van der Waals surface area contributed by atoms with Gasteiger partial charge in [-0.3, -0.25) is 4.57 Å². The van der Waals surface area contributed by atoms with Gasteiger partial charge in [0.25, 0.3) is 0 Å². The molecule has 0 aliphatic carbocycles. The highest BCUT2D eigenvalue weighted by Crippen LogP contribution is 2.41. The predicted molar refractivity (Wildman–Crippen MR) is 271 cm³/mol. The smallest absolute Gasteiger partial charge is 0.238 e. The molecule has 0 unspecified atom stereocenters. The minimum Gasteiger partial charge on any atom is -0.316 e. The van der Waals surface area contributed by atoms with Crippen molar-refractivity contribution in [3.63, 3.8) is 0 Å². The summed E-state index contributed by atoms with van der Waals surface area (Å²) in [5, 5.41) is 8.31. The van der Waals surface area contributed by atoms with Gasteiger partial charge in [0, 0.05) is 72.1 Å². The van der Waals surface area contributed by atoms with Gasteiger partial charge < -0.3 is 13.7 Å². The van der Waals surface area contributed by atoms with Crippen molar-refractivity contribution < 1.29 is 0 Å². The van der Waals surface area contributed by atoms with Gasteiger partial charge in [-0.1, -0.05) is 140 Å². The monoisotopic (exact) mass is 843 g/mol. The zero-order valence-electron chi connectivity index (χ0n) is 35.5. The molecule has 66 heavy (non-hydrogen) atoms. The van der Waals surface area contributed by atoms with E-state index in [9.17, 15) is 0 Å². The topological polar surface area (TPSA) is 58.4 Å². The largest absolute Gasteiger partial charge is 0.316 e. The third-order valence-electron chi connectivity index (χ3n) is 13.3. The highest BCUT2D eigenvalue weighted by atomic mass is 15.2. The molecule has 7 nitrogen and oxygen atoms in total. The first-order valence-electron chi connectivity index (χ1n) is 22.3. The van der Waals surface area contributed by atoms with Crippen LogP contribution in [0, 0.1) is 0 Å². The second kappa shape index (κ2) is 14.2. The molecule has 5 aromatic heterocycles. The number of benzene rings is 9. The van der Waals surface area contributed by atoms with Crippen LogP contribution in [-0.4, -0.2) is 33.2 Å². The van der Waals surface area contributed by atoms with Gasteiger partial charge in [-0.2, -0.15) is 9.97 Å². The van der Waals surface area contributed by atoms with E-state index >= 15 is 0 Å². The number of rotatable bonds is 6. The van der Waals surface area contributed by atoms with Crippen LogP contribution in [0.5, 0.6) is 0 Å². The maximum absolute atomic E-state index is 5.17. The number of hydrogen-bond donors (Lipinski definition) is 0. The summed E-state index contributed by atoms with van der Waals surface area (Å²) < 4.78 is 9.34. The second-order valence-electron chi connectivity index (χ2n) is 16.9. The Balaban J connectivity index is 0.968. The Morgan fingerprint density at radius 2 is 0.742 bits per heavy atom. The van der Waals surface area contributed by atoms with Gasteiger partial charge >= 0.3 is 0 Å². The Morgan fingerprint density at radius 3 is 1.38 bits per heavy atom. The van der Waals surface area contributed by atoms with Gasteiger partial charge in [0.15, 0.2) is 11.6 Å². The van der Waals surface area contributed by atoms with Crippen LogP contribution in [0.3, 0.4) is 0 Å². The maximum Gasteiger partial charge on any atom is 0.238 e. The van der Waals surface area contributed by atoms with Crippen molar-refractivity contribution in [2.24, 2.45) is 0 Å². The molecular formula is C59H37N7. The first kappa shape index (κ1) is 36.4. The van der Waals surface area contributed by atoms with E-state index in [-0.39, 0.29) is 0 Å². The molecule has 0 aliphatic heterocycles. The molecule has 0 N–H and O–H groups in total. The first-order valence-corrected chi connectivity index (χ1v) is 22.3. The highest BCUT2D eigenvalue weighted by Gasteiger charge is 2.22. The fraction of sp³-hybridized carbons (Fsp3) is 0. The van der Waals surface area contributed by atoms with Gasteiger partial charge in [-0.25, -0.2) is 4.98 Å². The van der Waals surface area contributed by atoms with E-state index in [2.05, 4.69) is 182 Å². The lowest BCUT2D eigenvalue weighted by Gasteiger charge is -2.12. The molecule has 14 aromatic rings. The van der Waals surface area contributed by atoms with Crippen LogP contribution < -0.4 is 0 Å². The quantitative estimate of drug-likeness (QED) is 0.168. The predicted octanol–water partition coefficient (Wildman–Crippen LogP) is 14.4. The van der Waals surface area contributed by atoms with E-state index in [0.29, 0.717) is 17.6 Å². The lowest BCUT2D eigenvalue weighted by Crippen LogP contribution is -2.06. The molecule has 0 saturated carbocycles. The van der Waals surface area contributed by atoms with Crippen molar-refractivity contribution in [3.05, 3.63) is 225 Å². The Bertz CT molecular complexity index is 4160. The third kappa shape index (κ3) is 5.40. The highest BCUT2D eigenvalue weighted by molar-refractivity contribution is 6.19. The summed E-state index contributed by atoms with van der Waals surface area (Å²) >= 11 is 0. The average Bonchev–Trinajstić information content (AvgIpc) is 4.15. The van der Waals surface area contributed by atoms with Crippen LogP contribution >= 0.6 is 0 Å². The summed E-state index contributed by atoms with van der Waals surface area (Å²) in [7, 11) is 0. The van der Waals surface area contributed by atoms with Crippen molar-refractivity contribution in [2.75, 3.05) is 0 Å². The summed E-state index contributed by atoms with van der Waals surface area (Å²) in [4.78, 5) is 15.3. The molecule has 0 spiro atoms. The lowest BCUT2D eigenvalue weighted by molar-refractivity contribution is 0.953. The Hall–Kier alpha value is -9.07. The molecule has 0 bridgehead atoms. The average molecular weight is 844 g/mol. The summed E-state index contributed by atoms with van der Waals surface area (Å²) in [6.07, 6.45) is 2.22. The lowest BCUT2D eigenvalue weighted by atomic mass is 10.1. The van der Waals surface area contributed by atoms with Gasteiger partial charge in [0.1, 0.15) is 0 Å². The molecule has 9 aromatic carbocycles. The minimum atomic E-state index is 0.574. The van der Waals surface area contributed by atoms with Crippen LogP contribution in [-0.2, 0) is 0 Å². The molecule has 0 atom stereocenters. The van der Waals surface area contributed by atoms with E-state index in [1.165, 1.54) is 43.5 Å². The third-order valence-corrected chi connectivity index (χ3v) is 13.3. The number of hydrogen-bond acceptors (Lipinski definition) is 3. The Labute approximate surface area is 378 Å². The van der Waals surface area contributed by atoms with Gasteiger partial charge in [0.2, 0.25) is 5.95 Å². The Morgan fingerprint density at radius 1 is 0.273 bits per heavy atom. The van der Waals surface area contributed by atoms with E-state index in [1.807, 2.05) is 60.7 Å². The molecule has 0 radical (unpaired) electrons. The van der Waals surface area contributed by atoms with Crippen LogP contribution in [0.4, 0.5) is 0 Å². The maximum atomic E-state index is 5.17. The van der Waals surface area contributed by atoms with Crippen LogP contribution in [0.2, 0.25) is 0 Å². The van der Waals surface area contributed by atoms with Crippen molar-refractivity contribution in [3.8, 4) is 45.8 Å². The molecule has 0 saturated heterocycles. The number of para-hydroxylation sites is 4. The summed E-state index contributed by atoms with van der Waals surface area (Å²) in [6, 6.07) is 77.5. The fourth-order valence-corrected chi connectivity index (χ4v) is 10.3. The van der Waals surface area contributed by atoms with E-state index < -0.39 is 0 Å². The molecule has 308 valence electrons. The first-order chi connectivity index (χ1) is 32.7. The summed E-state index contributed by atoms with van der Waals surface area (Å²) in [5.41, 5.74) is 13.1. The summed E-state index contributed by atoms with van der Waals surface area (Å²) in [6.45, 7) is 0. The zero-order chi connectivity index (χ0) is 43.3. The summed E-state index contributed by atoms with van der Waals surface area (Å²) in [5.74, 6) is 1.83. The Kier molecular flexibility index (Phi) is 7.85. The van der Waals surface area contributed by atoms with E-state index in [4.69, 9.17) is 15.0 Å². The van der Waals surface area contributed by atoms with Crippen LogP contribution in [0.25, 0.3) is 122 Å². The van der Waals surface area contributed by atoms with Crippen LogP contribution in [0.1, 0.15) is 0 Å². The van der Waals surface area contributed by atoms with Crippen molar-refractivity contribution >= 4 is 76.3 Å². The van der Waals surface area contributed by atoms with Gasteiger partial charge in [-0.05, 0) is 78.9 Å². The van der Waals surface area contributed by atoms with Gasteiger partial charge in [0.05, 0.1) is 38.6 Å². The van der Waals surface area contributed by atoms with Crippen molar-refractivity contribution in [1.82, 2.24) is 33.2 Å². The number of nitrogens with zero attached hydrogens (tertiary/aromatic N) is 7. The van der Waals surface area contributed by atoms with Crippen LogP contribution in [0.15, 0.2) is 225 Å². The number of fused-ring (bicyclic) bond motifs is 11. The molecule has 0 fully saturated rings. The normalized spacial score (nSPS) is 11.9. The molecule has 0 aliphatic rings. The van der Waals surface area contributed by atoms with Crippen molar-refractivity contribution in [2.45, 2.75) is 0 Å². The molecule has 7 heteroatoms. The van der Waals surface area contributed by atoms with E-state index in [1.54, 1.807) is 0 Å². The minimum absolute atomic E-state index is 0.574. The standard InChI is InChI=1S/C59H37N7/c1-4-16-38(17-5-1)57-60-58(39-18-6-2-7-19-39)62-59(61-57)66-53-27-15-12-24-45(53)49-37-42(29-32-55(49)66)65-52-26-14-10-22-43(52)46-30-33-50-47(56(46)65)34-35-63(50)41-28-31-54-48(36-41)44-23-11-13-25-51(44)64(54)40-20-8-3-9-21-40/h1-37H. The molecule has 5 heterocycles. The van der Waals surface area contributed by atoms with Gasteiger partial charge in [-0.15, -0.1) is 0 Å². The van der Waals surface area contributed by atoms with E-state index in [0.717, 1.165) is 61.0 Å². The molecular weight excluding hydrogens is 807 g/mol. The molecule has 14 rings (SSSR count). The second-order valence-corrected chi connectivity index (χ2v) is 16.9.